The van der Waals surface area contributed by atoms with Crippen molar-refractivity contribution < 1.29 is 16.2 Å². The van der Waals surface area contributed by atoms with Crippen LogP contribution in [0.2, 0.25) is 11.5 Å². The molecule has 0 aromatic heterocycles. The van der Waals surface area contributed by atoms with E-state index in [0.717, 1.165) is 12.8 Å². The summed E-state index contributed by atoms with van der Waals surface area (Å²) in [7, 11) is 10.6. The standard InChI is InChI=1S/2C21H17.C2H6Ge.2ClH.Zr/c2*1-2-15-13-17-9-6-12-20(21(17)14-15)19-11-5-8-16-7-3-4-10-18(16)19;1-3-2;;;/h2*3-14H,2H2,1H3;1-2H3;2*1H;/q2*-1;;;;+2/p-2. The molecule has 8 rings (SSSR count). The molecule has 0 aliphatic carbocycles. The van der Waals surface area contributed by atoms with E-state index in [9.17, 15) is 0 Å². The second kappa shape index (κ2) is 16.2. The van der Waals surface area contributed by atoms with Crippen molar-refractivity contribution in [2.45, 2.75) is 38.2 Å². The van der Waals surface area contributed by atoms with Gasteiger partial charge in [-0.1, -0.05) is 122 Å². The molecular formula is C44H40Cl2GeZr-2. The Labute approximate surface area is 300 Å². The summed E-state index contributed by atoms with van der Waals surface area (Å²) in [5.41, 5.74) is 8.15. The summed E-state index contributed by atoms with van der Waals surface area (Å²) in [6.45, 7) is 4.43. The van der Waals surface area contributed by atoms with E-state index < -0.39 is 26.2 Å². The third kappa shape index (κ3) is 7.77. The van der Waals surface area contributed by atoms with Gasteiger partial charge in [-0.25, -0.2) is 0 Å². The summed E-state index contributed by atoms with van der Waals surface area (Å²) < 4.78 is 0. The second-order valence-corrected chi connectivity index (χ2v) is 50.3. The summed E-state index contributed by atoms with van der Waals surface area (Å²) >= 11 is -1.59. The van der Waals surface area contributed by atoms with Crippen molar-refractivity contribution in [3.8, 4) is 22.3 Å². The molecule has 4 heteroatoms. The minimum atomic E-state index is -1.59. The fourth-order valence-electron chi connectivity index (χ4n) is 6.39. The zero-order valence-corrected chi connectivity index (χ0v) is 34.1. The van der Waals surface area contributed by atoms with Gasteiger partial charge in [-0.2, -0.15) is 12.1 Å². The Balaban J connectivity index is 0.000000144. The number of hydrogen-bond acceptors (Lipinski definition) is 0. The molecule has 0 spiro atoms. The van der Waals surface area contributed by atoms with Gasteiger partial charge >= 0.3 is 54.8 Å². The number of hydrogen-bond donors (Lipinski definition) is 0. The molecule has 0 nitrogen and oxygen atoms in total. The average Bonchev–Trinajstić information content (AvgIpc) is 3.76. The number of fused-ring (bicyclic) bond motifs is 4. The van der Waals surface area contributed by atoms with Crippen LogP contribution in [0.5, 0.6) is 0 Å². The van der Waals surface area contributed by atoms with Crippen molar-refractivity contribution in [2.24, 2.45) is 0 Å². The van der Waals surface area contributed by atoms with E-state index in [0.29, 0.717) is 0 Å². The van der Waals surface area contributed by atoms with Gasteiger partial charge in [0.25, 0.3) is 0 Å². The van der Waals surface area contributed by atoms with Gasteiger partial charge < -0.3 is 0 Å². The van der Waals surface area contributed by atoms with E-state index in [1.165, 1.54) is 76.5 Å². The van der Waals surface area contributed by atoms with Gasteiger partial charge in [0.05, 0.1) is 0 Å². The average molecular weight is 804 g/mol. The molecule has 0 heterocycles. The van der Waals surface area contributed by atoms with Crippen molar-refractivity contribution in [3.63, 3.8) is 0 Å². The predicted octanol–water partition coefficient (Wildman–Crippen LogP) is 14.0. The zero-order chi connectivity index (χ0) is 33.6. The number of halogens is 2. The zero-order valence-electron chi connectivity index (χ0n) is 28.0. The number of rotatable bonds is 4. The van der Waals surface area contributed by atoms with Crippen LogP contribution in [-0.4, -0.2) is 9.98 Å². The van der Waals surface area contributed by atoms with Crippen LogP contribution in [0, 0.1) is 0 Å². The van der Waals surface area contributed by atoms with E-state index in [1.54, 1.807) is 0 Å². The van der Waals surface area contributed by atoms with Crippen LogP contribution < -0.4 is 0 Å². The SMILES string of the molecule is CCc1cc2c(-c3cccc4ccccc34)cccc2[cH-]1.CCc1cc2c(-c3cccc4ccccc34)cccc2[cH-]1.[CH3][Ge]([CH3])=[Zr]([Cl])[Cl]. The molecule has 0 amide bonds. The molecule has 0 unspecified atom stereocenters. The van der Waals surface area contributed by atoms with E-state index >= 15 is 0 Å². The van der Waals surface area contributed by atoms with Crippen molar-refractivity contribution in [1.29, 1.82) is 0 Å². The van der Waals surface area contributed by atoms with Gasteiger partial charge in [0, 0.05) is 0 Å². The first-order valence-electron chi connectivity index (χ1n) is 16.7. The molecule has 0 N–H and O–H groups in total. The van der Waals surface area contributed by atoms with Crippen molar-refractivity contribution in [1.82, 2.24) is 0 Å². The van der Waals surface area contributed by atoms with Gasteiger partial charge in [0.15, 0.2) is 0 Å². The first-order chi connectivity index (χ1) is 23.4. The maximum atomic E-state index is 5.65. The summed E-state index contributed by atoms with van der Waals surface area (Å²) in [6.07, 6.45) is 2.17. The molecule has 0 radical (unpaired) electrons. The third-order valence-corrected chi connectivity index (χ3v) is 43.5. The van der Waals surface area contributed by atoms with Crippen LogP contribution in [-0.2, 0) is 29.1 Å². The second-order valence-electron chi connectivity index (χ2n) is 12.4. The Morgan fingerprint density at radius 1 is 0.479 bits per heavy atom. The van der Waals surface area contributed by atoms with Crippen molar-refractivity contribution in [2.75, 3.05) is 0 Å². The molecule has 48 heavy (non-hydrogen) atoms. The number of benzene rings is 6. The molecule has 0 saturated carbocycles. The molecule has 8 aromatic carbocycles. The summed E-state index contributed by atoms with van der Waals surface area (Å²) in [6, 6.07) is 52.9. The van der Waals surface area contributed by atoms with Crippen molar-refractivity contribution >= 4 is 70.1 Å². The quantitative estimate of drug-likeness (QED) is 0.123. The Morgan fingerprint density at radius 2 is 0.812 bits per heavy atom. The van der Waals surface area contributed by atoms with E-state index in [1.807, 2.05) is 0 Å². The monoisotopic (exact) mass is 802 g/mol. The number of aryl methyl sites for hydroxylation is 2. The van der Waals surface area contributed by atoms with Crippen LogP contribution in [0.4, 0.5) is 0 Å². The van der Waals surface area contributed by atoms with Crippen LogP contribution in [0.3, 0.4) is 0 Å². The normalized spacial score (nSPS) is 10.9. The topological polar surface area (TPSA) is 0 Å². The fourth-order valence-corrected chi connectivity index (χ4v) is 6.39. The van der Waals surface area contributed by atoms with Crippen LogP contribution in [0.1, 0.15) is 25.0 Å². The van der Waals surface area contributed by atoms with Gasteiger partial charge in [0.2, 0.25) is 0 Å². The van der Waals surface area contributed by atoms with Gasteiger partial charge in [-0.05, 0) is 45.5 Å². The van der Waals surface area contributed by atoms with E-state index in [4.69, 9.17) is 17.0 Å². The summed E-state index contributed by atoms with van der Waals surface area (Å²) in [5.74, 6) is 4.46. The molecule has 0 saturated heterocycles. The Bertz CT molecular complexity index is 2190. The van der Waals surface area contributed by atoms with Gasteiger partial charge in [-0.15, -0.1) is 69.1 Å². The Morgan fingerprint density at radius 3 is 1.19 bits per heavy atom. The summed E-state index contributed by atoms with van der Waals surface area (Å²) in [4.78, 5) is 0. The van der Waals surface area contributed by atoms with Gasteiger partial charge in [-0.3, -0.25) is 0 Å². The molecule has 240 valence electrons. The molecule has 0 aliphatic rings. The molecular weight excluding hydrogens is 763 g/mol. The molecule has 0 aliphatic heterocycles. The molecule has 0 bridgehead atoms. The van der Waals surface area contributed by atoms with E-state index in [2.05, 4.69) is 171 Å². The third-order valence-electron chi connectivity index (χ3n) is 8.98. The van der Waals surface area contributed by atoms with Gasteiger partial charge in [0.1, 0.15) is 0 Å². The van der Waals surface area contributed by atoms with E-state index in [-0.39, 0.29) is 0 Å². The summed E-state index contributed by atoms with van der Waals surface area (Å²) in [5, 5.41) is 10.7. The van der Waals surface area contributed by atoms with Crippen LogP contribution in [0.15, 0.2) is 146 Å². The molecule has 0 atom stereocenters. The van der Waals surface area contributed by atoms with Crippen molar-refractivity contribution in [3.05, 3.63) is 157 Å². The first kappa shape index (κ1) is 34.9. The predicted molar refractivity (Wildman–Crippen MR) is 213 cm³/mol. The molecule has 8 aromatic rings. The fraction of sp³-hybridized carbons (Fsp3) is 0.136. The Hall–Kier alpha value is -2.93. The maximum absolute atomic E-state index is 5.65. The van der Waals surface area contributed by atoms with Crippen LogP contribution in [0.25, 0.3) is 65.3 Å². The first-order valence-corrected chi connectivity index (χ1v) is 34.7. The van der Waals surface area contributed by atoms with Crippen LogP contribution >= 0.6 is 17.0 Å². The molecule has 0 fully saturated rings. The Kier molecular flexibility index (Phi) is 11.8. The minimum absolute atomic E-state index is 0.735.